The first-order valence-electron chi connectivity index (χ1n) is 6.95. The van der Waals surface area contributed by atoms with E-state index in [1.165, 1.54) is 32.4 Å². The van der Waals surface area contributed by atoms with E-state index in [9.17, 15) is 17.6 Å². The predicted octanol–water partition coefficient (Wildman–Crippen LogP) is 2.43. The van der Waals surface area contributed by atoms with E-state index in [0.717, 1.165) is 25.3 Å². The van der Waals surface area contributed by atoms with Crippen molar-refractivity contribution in [1.29, 1.82) is 0 Å². The van der Waals surface area contributed by atoms with Crippen molar-refractivity contribution in [2.75, 3.05) is 26.1 Å². The summed E-state index contributed by atoms with van der Waals surface area (Å²) in [6.45, 7) is 0. The summed E-state index contributed by atoms with van der Waals surface area (Å²) in [5.74, 6) is -1.14. The number of hydrogen-bond donors (Lipinski definition) is 1. The average molecular weight is 369 g/mol. The molecule has 0 heterocycles. The number of sulfonamides is 1. The summed E-state index contributed by atoms with van der Waals surface area (Å²) in [6.07, 6.45) is 0. The third-order valence-electron chi connectivity index (χ3n) is 3.29. The van der Waals surface area contributed by atoms with Gasteiger partial charge in [0.15, 0.2) is 0 Å². The van der Waals surface area contributed by atoms with Crippen molar-refractivity contribution in [3.05, 3.63) is 47.8 Å². The molecule has 0 aliphatic rings. The van der Waals surface area contributed by atoms with Crippen LogP contribution in [-0.2, 0) is 14.8 Å². The minimum absolute atomic E-state index is 0.0890. The van der Waals surface area contributed by atoms with Crippen LogP contribution in [0.15, 0.2) is 41.3 Å². The molecule has 2 rings (SSSR count). The van der Waals surface area contributed by atoms with Crippen molar-refractivity contribution < 1.29 is 31.8 Å². The van der Waals surface area contributed by atoms with Gasteiger partial charge in [-0.3, -0.25) is 4.72 Å². The Morgan fingerprint density at radius 2 is 1.76 bits per heavy atom. The quantitative estimate of drug-likeness (QED) is 0.787. The molecule has 0 aliphatic carbocycles. The van der Waals surface area contributed by atoms with Crippen LogP contribution in [0, 0.1) is 5.82 Å². The molecule has 0 atom stereocenters. The van der Waals surface area contributed by atoms with Crippen molar-refractivity contribution in [3.63, 3.8) is 0 Å². The van der Waals surface area contributed by atoms with Gasteiger partial charge in [-0.2, -0.15) is 0 Å². The van der Waals surface area contributed by atoms with Crippen molar-refractivity contribution in [2.45, 2.75) is 4.90 Å². The lowest BCUT2D eigenvalue weighted by molar-refractivity contribution is 0.0600. The van der Waals surface area contributed by atoms with Crippen LogP contribution in [-0.4, -0.2) is 35.7 Å². The molecular weight excluding hydrogens is 353 g/mol. The molecule has 0 unspecified atom stereocenters. The van der Waals surface area contributed by atoms with Crippen LogP contribution in [0.2, 0.25) is 0 Å². The average Bonchev–Trinajstić information content (AvgIpc) is 2.61. The van der Waals surface area contributed by atoms with E-state index in [0.29, 0.717) is 5.75 Å². The van der Waals surface area contributed by atoms with Crippen LogP contribution in [0.1, 0.15) is 10.4 Å². The molecule has 0 saturated carbocycles. The summed E-state index contributed by atoms with van der Waals surface area (Å²) in [4.78, 5) is 10.9. The zero-order chi connectivity index (χ0) is 18.6. The molecule has 0 saturated heterocycles. The maximum Gasteiger partial charge on any atom is 0.337 e. The Balaban J connectivity index is 2.45. The number of halogens is 1. The van der Waals surface area contributed by atoms with Crippen LogP contribution >= 0.6 is 0 Å². The Kier molecular flexibility index (Phi) is 5.48. The van der Waals surface area contributed by atoms with Crippen LogP contribution in [0.5, 0.6) is 11.5 Å². The first-order chi connectivity index (χ1) is 11.8. The van der Waals surface area contributed by atoms with Gasteiger partial charge in [-0.15, -0.1) is 0 Å². The number of esters is 1. The molecule has 0 amide bonds. The number of anilines is 1. The lowest BCUT2D eigenvalue weighted by atomic mass is 10.2. The lowest BCUT2D eigenvalue weighted by Crippen LogP contribution is -2.16. The minimum Gasteiger partial charge on any atom is -0.497 e. The summed E-state index contributed by atoms with van der Waals surface area (Å²) < 4.78 is 55.9. The number of carbonyl (C=O) groups is 1. The van der Waals surface area contributed by atoms with Crippen molar-refractivity contribution in [3.8, 4) is 11.5 Å². The second-order valence-corrected chi connectivity index (χ2v) is 6.46. The van der Waals surface area contributed by atoms with Gasteiger partial charge >= 0.3 is 5.97 Å². The molecule has 0 radical (unpaired) electrons. The number of nitrogens with one attached hydrogen (secondary N) is 1. The van der Waals surface area contributed by atoms with Crippen LogP contribution in [0.3, 0.4) is 0 Å². The topological polar surface area (TPSA) is 90.9 Å². The fourth-order valence-corrected chi connectivity index (χ4v) is 3.21. The van der Waals surface area contributed by atoms with Gasteiger partial charge < -0.3 is 14.2 Å². The van der Waals surface area contributed by atoms with Crippen molar-refractivity contribution >= 4 is 21.7 Å². The number of rotatable bonds is 6. The van der Waals surface area contributed by atoms with Gasteiger partial charge in [-0.1, -0.05) is 0 Å². The smallest absolute Gasteiger partial charge is 0.337 e. The summed E-state index contributed by atoms with van der Waals surface area (Å²) in [5, 5.41) is 0. The second-order valence-electron chi connectivity index (χ2n) is 4.81. The number of benzene rings is 2. The van der Waals surface area contributed by atoms with E-state index in [-0.39, 0.29) is 17.0 Å². The Morgan fingerprint density at radius 3 is 2.36 bits per heavy atom. The van der Waals surface area contributed by atoms with Crippen molar-refractivity contribution in [1.82, 2.24) is 0 Å². The van der Waals surface area contributed by atoms with Gasteiger partial charge in [-0.25, -0.2) is 17.6 Å². The monoisotopic (exact) mass is 369 g/mol. The molecule has 2 aromatic rings. The largest absolute Gasteiger partial charge is 0.497 e. The maximum atomic E-state index is 14.0. The van der Waals surface area contributed by atoms with Gasteiger partial charge in [0.05, 0.1) is 32.6 Å². The molecule has 25 heavy (non-hydrogen) atoms. The third-order valence-corrected chi connectivity index (χ3v) is 4.68. The summed E-state index contributed by atoms with van der Waals surface area (Å²) in [7, 11) is -0.372. The van der Waals surface area contributed by atoms with Gasteiger partial charge in [0.25, 0.3) is 10.0 Å². The maximum absolute atomic E-state index is 14.0. The standard InChI is InChI=1S/C16H16FNO6S/c1-22-11-5-7-13(14(9-11)23-2)18-25(20,21)15-8-10(16(19)24-3)4-6-12(15)17/h4-9,18H,1-3H3. The van der Waals surface area contributed by atoms with E-state index in [1.54, 1.807) is 0 Å². The molecule has 0 spiro atoms. The van der Waals surface area contributed by atoms with Gasteiger partial charge in [0.1, 0.15) is 22.2 Å². The molecular formula is C16H16FNO6S. The predicted molar refractivity (Wildman–Crippen MR) is 88.1 cm³/mol. The zero-order valence-corrected chi connectivity index (χ0v) is 14.5. The van der Waals surface area contributed by atoms with E-state index in [1.807, 2.05) is 0 Å². The fraction of sp³-hybridized carbons (Fsp3) is 0.188. The van der Waals surface area contributed by atoms with E-state index < -0.39 is 26.7 Å². The Bertz CT molecular complexity index is 897. The van der Waals surface area contributed by atoms with E-state index in [2.05, 4.69) is 9.46 Å². The number of carbonyl (C=O) groups excluding carboxylic acids is 1. The third kappa shape index (κ3) is 4.00. The van der Waals surface area contributed by atoms with Gasteiger partial charge in [-0.05, 0) is 30.3 Å². The molecule has 0 aliphatic heterocycles. The number of methoxy groups -OCH3 is 3. The normalized spacial score (nSPS) is 10.9. The Morgan fingerprint density at radius 1 is 1.04 bits per heavy atom. The molecule has 134 valence electrons. The highest BCUT2D eigenvalue weighted by Crippen LogP contribution is 2.31. The van der Waals surface area contributed by atoms with E-state index in [4.69, 9.17) is 9.47 Å². The van der Waals surface area contributed by atoms with E-state index >= 15 is 0 Å². The fourth-order valence-electron chi connectivity index (χ4n) is 2.04. The first-order valence-corrected chi connectivity index (χ1v) is 8.43. The SMILES string of the molecule is COC(=O)c1ccc(F)c(S(=O)(=O)Nc2ccc(OC)cc2OC)c1. The molecule has 1 N–H and O–H groups in total. The number of ether oxygens (including phenoxy) is 3. The Labute approximate surface area is 144 Å². The summed E-state index contributed by atoms with van der Waals surface area (Å²) >= 11 is 0. The zero-order valence-electron chi connectivity index (χ0n) is 13.7. The van der Waals surface area contributed by atoms with Crippen molar-refractivity contribution in [2.24, 2.45) is 0 Å². The molecule has 2 aromatic carbocycles. The number of hydrogen-bond acceptors (Lipinski definition) is 6. The molecule has 7 nitrogen and oxygen atoms in total. The lowest BCUT2D eigenvalue weighted by Gasteiger charge is -2.13. The molecule has 0 aromatic heterocycles. The minimum atomic E-state index is -4.31. The summed E-state index contributed by atoms with van der Waals surface area (Å²) in [5.41, 5.74) is -0.00265. The highest BCUT2D eigenvalue weighted by molar-refractivity contribution is 7.92. The van der Waals surface area contributed by atoms with Crippen LogP contribution < -0.4 is 14.2 Å². The summed E-state index contributed by atoms with van der Waals surface area (Å²) in [6, 6.07) is 7.32. The Hall–Kier alpha value is -2.81. The molecule has 0 bridgehead atoms. The highest BCUT2D eigenvalue weighted by Gasteiger charge is 2.23. The van der Waals surface area contributed by atoms with Gasteiger partial charge in [0, 0.05) is 6.07 Å². The first kappa shape index (κ1) is 18.5. The van der Waals surface area contributed by atoms with Gasteiger partial charge in [0.2, 0.25) is 0 Å². The second kappa shape index (κ2) is 7.39. The van der Waals surface area contributed by atoms with Crippen LogP contribution in [0.25, 0.3) is 0 Å². The highest BCUT2D eigenvalue weighted by atomic mass is 32.2. The molecule has 9 heteroatoms. The van der Waals surface area contributed by atoms with Crippen LogP contribution in [0.4, 0.5) is 10.1 Å². The molecule has 0 fully saturated rings.